The Hall–Kier alpha value is -1.75. The fourth-order valence-corrected chi connectivity index (χ4v) is 1.17. The molecule has 0 aliphatic carbocycles. The van der Waals surface area contributed by atoms with E-state index in [2.05, 4.69) is 0 Å². The van der Waals surface area contributed by atoms with Gasteiger partial charge in [-0.3, -0.25) is 0 Å². The van der Waals surface area contributed by atoms with E-state index in [0.29, 0.717) is 17.9 Å². The summed E-state index contributed by atoms with van der Waals surface area (Å²) in [6, 6.07) is 0. The molecule has 0 fully saturated rings. The van der Waals surface area contributed by atoms with Gasteiger partial charge in [-0.15, -0.1) is 0 Å². The van der Waals surface area contributed by atoms with Crippen molar-refractivity contribution in [2.24, 2.45) is 11.5 Å². The average Bonchev–Trinajstić information content (AvgIpc) is 2.30. The van der Waals surface area contributed by atoms with Crippen LogP contribution in [0.4, 0.5) is 0 Å². The molecule has 0 aromatic rings. The van der Waals surface area contributed by atoms with Gasteiger partial charge < -0.3 is 20.9 Å². The van der Waals surface area contributed by atoms with Crippen molar-refractivity contribution < 1.29 is 14.3 Å². The SMILES string of the molecule is CC/C=C(\C)O/C(N)=C/C=C(\CN)C(=O)OCC. The highest BCUT2D eigenvalue weighted by molar-refractivity contribution is 5.89. The van der Waals surface area contributed by atoms with Gasteiger partial charge in [0.25, 0.3) is 0 Å². The highest BCUT2D eigenvalue weighted by atomic mass is 16.5. The van der Waals surface area contributed by atoms with Crippen molar-refractivity contribution in [1.82, 2.24) is 0 Å². The molecule has 0 radical (unpaired) electrons. The molecule has 0 spiro atoms. The average molecular weight is 254 g/mol. The van der Waals surface area contributed by atoms with E-state index in [1.54, 1.807) is 6.92 Å². The summed E-state index contributed by atoms with van der Waals surface area (Å²) >= 11 is 0. The topological polar surface area (TPSA) is 87.6 Å². The second-order valence-corrected chi connectivity index (χ2v) is 3.51. The number of nitrogens with two attached hydrogens (primary N) is 2. The summed E-state index contributed by atoms with van der Waals surface area (Å²) in [5.41, 5.74) is 11.4. The van der Waals surface area contributed by atoms with Gasteiger partial charge in [-0.05, 0) is 38.5 Å². The molecule has 0 saturated carbocycles. The fourth-order valence-electron chi connectivity index (χ4n) is 1.17. The molecule has 0 amide bonds. The summed E-state index contributed by atoms with van der Waals surface area (Å²) in [7, 11) is 0. The lowest BCUT2D eigenvalue weighted by molar-refractivity contribution is -0.138. The number of allylic oxidation sites excluding steroid dienone is 4. The standard InChI is InChI=1S/C13H22N2O3/c1-4-6-10(3)18-12(15)8-7-11(9-14)13(16)17-5-2/h6-8H,4-5,9,14-15H2,1-3H3/b10-6+,11-7+,12-8+. The van der Waals surface area contributed by atoms with E-state index in [4.69, 9.17) is 20.9 Å². The smallest absolute Gasteiger partial charge is 0.335 e. The number of hydrogen-bond donors (Lipinski definition) is 2. The van der Waals surface area contributed by atoms with Crippen molar-refractivity contribution in [1.29, 1.82) is 0 Å². The van der Waals surface area contributed by atoms with Crippen LogP contribution in [0, 0.1) is 0 Å². The summed E-state index contributed by atoms with van der Waals surface area (Å²) in [4.78, 5) is 11.4. The van der Waals surface area contributed by atoms with Crippen LogP contribution in [0.5, 0.6) is 0 Å². The maximum absolute atomic E-state index is 11.4. The first-order valence-electron chi connectivity index (χ1n) is 5.93. The Morgan fingerprint density at radius 3 is 2.44 bits per heavy atom. The quantitative estimate of drug-likeness (QED) is 0.311. The maximum Gasteiger partial charge on any atom is 0.335 e. The third-order valence-electron chi connectivity index (χ3n) is 1.98. The van der Waals surface area contributed by atoms with E-state index in [1.165, 1.54) is 12.2 Å². The number of carbonyl (C=O) groups excluding carboxylic acids is 1. The maximum atomic E-state index is 11.4. The first-order valence-corrected chi connectivity index (χ1v) is 5.93. The Labute approximate surface area is 108 Å². The first kappa shape index (κ1) is 16.2. The summed E-state index contributed by atoms with van der Waals surface area (Å²) in [6.45, 7) is 5.94. The molecule has 0 aromatic carbocycles. The Morgan fingerprint density at radius 1 is 1.28 bits per heavy atom. The molecule has 0 bridgehead atoms. The number of rotatable bonds is 7. The molecule has 0 aromatic heterocycles. The number of carbonyl (C=O) groups is 1. The third kappa shape index (κ3) is 6.75. The van der Waals surface area contributed by atoms with Gasteiger partial charge in [0.2, 0.25) is 0 Å². The molecule has 18 heavy (non-hydrogen) atoms. The third-order valence-corrected chi connectivity index (χ3v) is 1.98. The van der Waals surface area contributed by atoms with E-state index in [-0.39, 0.29) is 12.4 Å². The van der Waals surface area contributed by atoms with Crippen LogP contribution < -0.4 is 11.5 Å². The van der Waals surface area contributed by atoms with Crippen LogP contribution in [0.25, 0.3) is 0 Å². The molecule has 0 saturated heterocycles. The lowest BCUT2D eigenvalue weighted by Gasteiger charge is -2.05. The first-order chi connectivity index (χ1) is 8.54. The van der Waals surface area contributed by atoms with Crippen molar-refractivity contribution >= 4 is 5.97 Å². The van der Waals surface area contributed by atoms with Gasteiger partial charge in [0.05, 0.1) is 17.9 Å². The highest BCUT2D eigenvalue weighted by Crippen LogP contribution is 2.04. The zero-order valence-corrected chi connectivity index (χ0v) is 11.2. The predicted molar refractivity (Wildman–Crippen MR) is 71.2 cm³/mol. The van der Waals surface area contributed by atoms with Crippen molar-refractivity contribution in [3.63, 3.8) is 0 Å². The van der Waals surface area contributed by atoms with Crippen molar-refractivity contribution in [2.75, 3.05) is 13.2 Å². The van der Waals surface area contributed by atoms with Gasteiger partial charge in [0.1, 0.15) is 0 Å². The number of hydrogen-bond acceptors (Lipinski definition) is 5. The zero-order chi connectivity index (χ0) is 14.0. The van der Waals surface area contributed by atoms with Crippen LogP contribution in [0.2, 0.25) is 0 Å². The zero-order valence-electron chi connectivity index (χ0n) is 11.2. The number of esters is 1. The molecule has 0 atom stereocenters. The van der Waals surface area contributed by atoms with Crippen LogP contribution in [0.15, 0.2) is 35.4 Å². The molecule has 0 rings (SSSR count). The van der Waals surface area contributed by atoms with Crippen molar-refractivity contribution in [2.45, 2.75) is 27.2 Å². The van der Waals surface area contributed by atoms with Gasteiger partial charge in [-0.2, -0.15) is 0 Å². The summed E-state index contributed by atoms with van der Waals surface area (Å²) in [5, 5.41) is 0. The minimum atomic E-state index is -0.440. The van der Waals surface area contributed by atoms with E-state index < -0.39 is 5.97 Å². The Bertz CT molecular complexity index is 357. The van der Waals surface area contributed by atoms with Crippen LogP contribution in [-0.4, -0.2) is 19.1 Å². The molecule has 0 aliphatic heterocycles. The van der Waals surface area contributed by atoms with Crippen LogP contribution >= 0.6 is 0 Å². The minimum Gasteiger partial charge on any atom is -0.463 e. The van der Waals surface area contributed by atoms with Gasteiger partial charge >= 0.3 is 5.97 Å². The normalized spacial score (nSPS) is 13.4. The minimum absolute atomic E-state index is 0.0897. The summed E-state index contributed by atoms with van der Waals surface area (Å²) in [6.07, 6.45) is 5.77. The van der Waals surface area contributed by atoms with E-state index in [1.807, 2.05) is 19.9 Å². The molecule has 5 heteroatoms. The second-order valence-electron chi connectivity index (χ2n) is 3.51. The Morgan fingerprint density at radius 2 is 1.94 bits per heavy atom. The van der Waals surface area contributed by atoms with Gasteiger partial charge in [0, 0.05) is 6.54 Å². The monoisotopic (exact) mass is 254 g/mol. The van der Waals surface area contributed by atoms with Crippen molar-refractivity contribution in [3.05, 3.63) is 35.4 Å². The Balaban J connectivity index is 4.64. The fraction of sp³-hybridized carbons (Fsp3) is 0.462. The summed E-state index contributed by atoms with van der Waals surface area (Å²) < 4.78 is 10.1. The lowest BCUT2D eigenvalue weighted by Crippen LogP contribution is -2.15. The molecule has 102 valence electrons. The van der Waals surface area contributed by atoms with Crippen molar-refractivity contribution in [3.8, 4) is 0 Å². The second kappa shape index (κ2) is 9.30. The largest absolute Gasteiger partial charge is 0.463 e. The number of ether oxygens (including phenoxy) is 2. The van der Waals surface area contributed by atoms with E-state index in [9.17, 15) is 4.79 Å². The molecule has 0 aliphatic rings. The van der Waals surface area contributed by atoms with Crippen LogP contribution in [0.3, 0.4) is 0 Å². The highest BCUT2D eigenvalue weighted by Gasteiger charge is 2.07. The molecular weight excluding hydrogens is 232 g/mol. The van der Waals surface area contributed by atoms with Crippen LogP contribution in [-0.2, 0) is 14.3 Å². The van der Waals surface area contributed by atoms with Gasteiger partial charge in [-0.25, -0.2) is 4.79 Å². The van der Waals surface area contributed by atoms with Gasteiger partial charge in [-0.1, -0.05) is 6.92 Å². The molecule has 4 N–H and O–H groups in total. The van der Waals surface area contributed by atoms with E-state index in [0.717, 1.165) is 6.42 Å². The van der Waals surface area contributed by atoms with Crippen LogP contribution in [0.1, 0.15) is 27.2 Å². The molecular formula is C13H22N2O3. The lowest BCUT2D eigenvalue weighted by atomic mass is 10.2. The summed E-state index contributed by atoms with van der Waals surface area (Å²) in [5.74, 6) is 0.474. The van der Waals surface area contributed by atoms with Gasteiger partial charge in [0.15, 0.2) is 5.88 Å². The molecule has 5 nitrogen and oxygen atoms in total. The Kier molecular flexibility index (Phi) is 8.39. The van der Waals surface area contributed by atoms with E-state index >= 15 is 0 Å². The predicted octanol–water partition coefficient (Wildman–Crippen LogP) is 1.57. The molecule has 0 heterocycles. The molecule has 0 unspecified atom stereocenters.